The second-order valence-corrected chi connectivity index (χ2v) is 5.86. The van der Waals surface area contributed by atoms with Gasteiger partial charge in [0.25, 0.3) is 5.91 Å². The summed E-state index contributed by atoms with van der Waals surface area (Å²) in [6.07, 6.45) is 4.36. The Kier molecular flexibility index (Phi) is 6.00. The number of carbonyl (C=O) groups excluding carboxylic acids is 2. The van der Waals surface area contributed by atoms with Crippen molar-refractivity contribution in [1.29, 1.82) is 0 Å². The number of hydrogen-bond acceptors (Lipinski definition) is 4. The third-order valence-electron chi connectivity index (χ3n) is 4.16. The van der Waals surface area contributed by atoms with Crippen LogP contribution in [-0.2, 0) is 4.79 Å². The van der Waals surface area contributed by atoms with Crippen LogP contribution in [0.5, 0.6) is 0 Å². The highest BCUT2D eigenvalue weighted by Crippen LogP contribution is 2.22. The van der Waals surface area contributed by atoms with Crippen LogP contribution in [0.25, 0.3) is 0 Å². The van der Waals surface area contributed by atoms with Crippen LogP contribution in [0.2, 0.25) is 0 Å². The molecule has 0 bridgehead atoms. The van der Waals surface area contributed by atoms with Crippen LogP contribution in [0.15, 0.2) is 22.8 Å². The summed E-state index contributed by atoms with van der Waals surface area (Å²) in [5.41, 5.74) is 0. The van der Waals surface area contributed by atoms with E-state index >= 15 is 0 Å². The van der Waals surface area contributed by atoms with Gasteiger partial charge in [0, 0.05) is 32.2 Å². The van der Waals surface area contributed by atoms with Crippen molar-refractivity contribution in [2.24, 2.45) is 5.92 Å². The van der Waals surface area contributed by atoms with Crippen molar-refractivity contribution in [3.05, 3.63) is 24.2 Å². The van der Waals surface area contributed by atoms with Gasteiger partial charge in [-0.25, -0.2) is 0 Å². The van der Waals surface area contributed by atoms with E-state index in [0.29, 0.717) is 25.9 Å². The molecular weight excluding hydrogens is 284 g/mol. The highest BCUT2D eigenvalue weighted by atomic mass is 16.3. The summed E-state index contributed by atoms with van der Waals surface area (Å²) in [6.45, 7) is 3.26. The molecule has 1 aliphatic rings. The van der Waals surface area contributed by atoms with Gasteiger partial charge in [0.1, 0.15) is 0 Å². The molecule has 1 aliphatic heterocycles. The van der Waals surface area contributed by atoms with Gasteiger partial charge in [-0.05, 0) is 44.2 Å². The first-order valence-electron chi connectivity index (χ1n) is 7.84. The van der Waals surface area contributed by atoms with Crippen molar-refractivity contribution in [2.75, 3.05) is 19.7 Å². The third kappa shape index (κ3) is 4.34. The van der Waals surface area contributed by atoms with Gasteiger partial charge in [-0.1, -0.05) is 0 Å². The molecule has 2 N–H and O–H groups in total. The van der Waals surface area contributed by atoms with Crippen LogP contribution in [0.1, 0.15) is 43.2 Å². The van der Waals surface area contributed by atoms with Gasteiger partial charge < -0.3 is 19.7 Å². The number of rotatable bonds is 6. The van der Waals surface area contributed by atoms with Crippen LogP contribution in [0.3, 0.4) is 0 Å². The number of likely N-dealkylation sites (tertiary alicyclic amines) is 1. The Bertz CT molecular complexity index is 486. The number of nitrogens with zero attached hydrogens (tertiary/aromatic N) is 1. The van der Waals surface area contributed by atoms with Crippen molar-refractivity contribution in [1.82, 2.24) is 10.2 Å². The lowest BCUT2D eigenvalue weighted by atomic mass is 9.94. The maximum Gasteiger partial charge on any atom is 0.286 e. The van der Waals surface area contributed by atoms with Crippen molar-refractivity contribution in [2.45, 2.75) is 38.6 Å². The number of piperidine rings is 1. The van der Waals surface area contributed by atoms with Crippen LogP contribution in [-0.4, -0.2) is 47.6 Å². The topological polar surface area (TPSA) is 82.8 Å². The second-order valence-electron chi connectivity index (χ2n) is 5.86. The zero-order valence-corrected chi connectivity index (χ0v) is 13.0. The molecule has 22 heavy (non-hydrogen) atoms. The summed E-state index contributed by atoms with van der Waals surface area (Å²) >= 11 is 0. The highest BCUT2D eigenvalue weighted by molar-refractivity contribution is 5.91. The predicted octanol–water partition coefficient (Wildman–Crippen LogP) is 1.41. The molecule has 0 spiro atoms. The summed E-state index contributed by atoms with van der Waals surface area (Å²) in [4.78, 5) is 25.8. The van der Waals surface area contributed by atoms with Gasteiger partial charge in [-0.2, -0.15) is 0 Å². The van der Waals surface area contributed by atoms with Crippen LogP contribution in [0, 0.1) is 5.92 Å². The molecule has 1 aromatic rings. The maximum atomic E-state index is 12.3. The number of amides is 2. The van der Waals surface area contributed by atoms with Crippen LogP contribution >= 0.6 is 0 Å². The van der Waals surface area contributed by atoms with E-state index in [4.69, 9.17) is 4.42 Å². The minimum Gasteiger partial charge on any atom is -0.459 e. The molecule has 2 rings (SSSR count). The fourth-order valence-electron chi connectivity index (χ4n) is 2.76. The van der Waals surface area contributed by atoms with E-state index in [1.165, 1.54) is 6.26 Å². The van der Waals surface area contributed by atoms with Gasteiger partial charge in [0.05, 0.1) is 6.26 Å². The molecule has 122 valence electrons. The SMILES string of the molecule is CC1CCC(CO)CN1C(=O)CCCNC(=O)c1ccco1. The quantitative estimate of drug-likeness (QED) is 0.778. The molecule has 2 amide bonds. The second kappa shape index (κ2) is 7.98. The number of carbonyl (C=O) groups is 2. The van der Waals surface area contributed by atoms with Gasteiger partial charge in [0.15, 0.2) is 5.76 Å². The van der Waals surface area contributed by atoms with Crippen molar-refractivity contribution < 1.29 is 19.1 Å². The lowest BCUT2D eigenvalue weighted by molar-refractivity contribution is -0.136. The van der Waals surface area contributed by atoms with Crippen molar-refractivity contribution in [3.63, 3.8) is 0 Å². The van der Waals surface area contributed by atoms with E-state index in [-0.39, 0.29) is 36.1 Å². The molecule has 2 unspecified atom stereocenters. The number of aliphatic hydroxyl groups is 1. The zero-order chi connectivity index (χ0) is 15.9. The summed E-state index contributed by atoms with van der Waals surface area (Å²) in [5, 5.41) is 12.0. The van der Waals surface area contributed by atoms with Gasteiger partial charge >= 0.3 is 0 Å². The summed E-state index contributed by atoms with van der Waals surface area (Å²) in [6, 6.07) is 3.49. The lowest BCUT2D eigenvalue weighted by Gasteiger charge is -2.37. The largest absolute Gasteiger partial charge is 0.459 e. The molecule has 2 heterocycles. The first kappa shape index (κ1) is 16.5. The Morgan fingerprint density at radius 3 is 2.95 bits per heavy atom. The Balaban J connectivity index is 1.70. The van der Waals surface area contributed by atoms with Crippen LogP contribution in [0.4, 0.5) is 0 Å². The number of hydrogen-bond donors (Lipinski definition) is 2. The summed E-state index contributed by atoms with van der Waals surface area (Å²) in [7, 11) is 0. The molecule has 0 radical (unpaired) electrons. The molecule has 6 heteroatoms. The molecule has 6 nitrogen and oxygen atoms in total. The van der Waals surface area contributed by atoms with Gasteiger partial charge in [-0.3, -0.25) is 9.59 Å². The molecule has 2 atom stereocenters. The first-order valence-corrected chi connectivity index (χ1v) is 7.84. The zero-order valence-electron chi connectivity index (χ0n) is 13.0. The van der Waals surface area contributed by atoms with Crippen molar-refractivity contribution >= 4 is 11.8 Å². The average Bonchev–Trinajstić information content (AvgIpc) is 3.06. The molecule has 0 aromatic carbocycles. The van der Waals surface area contributed by atoms with E-state index in [1.54, 1.807) is 12.1 Å². The van der Waals surface area contributed by atoms with E-state index in [2.05, 4.69) is 5.32 Å². The Hall–Kier alpha value is -1.82. The normalized spacial score (nSPS) is 21.6. The number of nitrogens with one attached hydrogen (secondary N) is 1. The van der Waals surface area contributed by atoms with Gasteiger partial charge in [0.2, 0.25) is 5.91 Å². The summed E-state index contributed by atoms with van der Waals surface area (Å²) < 4.78 is 5.00. The molecule has 1 saturated heterocycles. The molecule has 1 fully saturated rings. The lowest BCUT2D eigenvalue weighted by Crippen LogP contribution is -2.46. The molecule has 0 saturated carbocycles. The molecular formula is C16H24N2O4. The Labute approximate surface area is 130 Å². The van der Waals surface area contributed by atoms with Crippen molar-refractivity contribution in [3.8, 4) is 0 Å². The predicted molar refractivity (Wildman–Crippen MR) is 81.3 cm³/mol. The maximum absolute atomic E-state index is 12.3. The fourth-order valence-corrected chi connectivity index (χ4v) is 2.76. The minimum atomic E-state index is -0.260. The van der Waals surface area contributed by atoms with E-state index in [0.717, 1.165) is 12.8 Å². The van der Waals surface area contributed by atoms with Gasteiger partial charge in [-0.15, -0.1) is 0 Å². The van der Waals surface area contributed by atoms with E-state index in [1.807, 2.05) is 11.8 Å². The summed E-state index contributed by atoms with van der Waals surface area (Å²) in [5.74, 6) is 0.308. The number of furan rings is 1. The minimum absolute atomic E-state index is 0.0953. The smallest absolute Gasteiger partial charge is 0.286 e. The standard InChI is InChI=1S/C16H24N2O4/c1-12-6-7-13(11-19)10-18(12)15(20)5-2-8-17-16(21)14-4-3-9-22-14/h3-4,9,12-13,19H,2,5-8,10-11H2,1H3,(H,17,21). The molecule has 0 aliphatic carbocycles. The van der Waals surface area contributed by atoms with E-state index < -0.39 is 0 Å². The number of aliphatic hydroxyl groups excluding tert-OH is 1. The fraction of sp³-hybridized carbons (Fsp3) is 0.625. The Morgan fingerprint density at radius 2 is 2.27 bits per heavy atom. The molecule has 1 aromatic heterocycles. The average molecular weight is 308 g/mol. The Morgan fingerprint density at radius 1 is 1.45 bits per heavy atom. The van der Waals surface area contributed by atoms with Crippen LogP contribution < -0.4 is 5.32 Å². The first-order chi connectivity index (χ1) is 10.6. The highest BCUT2D eigenvalue weighted by Gasteiger charge is 2.28. The third-order valence-corrected chi connectivity index (χ3v) is 4.16. The van der Waals surface area contributed by atoms with E-state index in [9.17, 15) is 14.7 Å². The monoisotopic (exact) mass is 308 g/mol.